The van der Waals surface area contributed by atoms with Crippen LogP contribution in [-0.2, 0) is 35.7 Å². The van der Waals surface area contributed by atoms with Crippen molar-refractivity contribution in [2.45, 2.75) is 26.2 Å². The Labute approximate surface area is 266 Å². The van der Waals surface area contributed by atoms with E-state index in [-0.39, 0.29) is 87.4 Å². The number of halogens is 6. The van der Waals surface area contributed by atoms with Crippen LogP contribution in [-0.4, -0.2) is 50.1 Å². The standard InChI is InChI=1S/C13H10Cl2FN3O4.C13H12Cl2FN3O2/c14-8-6-9(15)10(19(21)22)5-7(8)11-12(16)17-1-3-23-4-2-18(17)13(11)20;14-8-6-9(15)10(17)5-7(8)11-12(16)18-1-3-21-4-2-19(18)13(11)20/h5-6H,1-4H2;5-6H,1-4,17H2. The lowest BCUT2D eigenvalue weighted by molar-refractivity contribution is -0.384. The average Bonchev–Trinajstić information content (AvgIpc) is 3.22. The number of rotatable bonds is 3. The Morgan fingerprint density at radius 2 is 1.09 bits per heavy atom. The molecule has 0 amide bonds. The van der Waals surface area contributed by atoms with Gasteiger partial charge >= 0.3 is 0 Å². The molecule has 0 unspecified atom stereocenters. The van der Waals surface area contributed by atoms with Crippen molar-refractivity contribution in [1.82, 2.24) is 18.7 Å². The summed E-state index contributed by atoms with van der Waals surface area (Å²) >= 11 is 23.7. The number of nitro benzene ring substituents is 1. The van der Waals surface area contributed by atoms with E-state index in [0.29, 0.717) is 13.2 Å². The van der Waals surface area contributed by atoms with Crippen LogP contribution in [0, 0.1) is 22.0 Å². The topological polar surface area (TPSA) is 141 Å². The second-order valence-electron chi connectivity index (χ2n) is 9.55. The van der Waals surface area contributed by atoms with Gasteiger partial charge in [0.15, 0.2) is 0 Å². The molecule has 2 aromatic heterocycles. The summed E-state index contributed by atoms with van der Waals surface area (Å²) < 4.78 is 44.7. The molecule has 4 aromatic rings. The van der Waals surface area contributed by atoms with E-state index in [1.54, 1.807) is 0 Å². The highest BCUT2D eigenvalue weighted by atomic mass is 35.5. The van der Waals surface area contributed by atoms with Gasteiger partial charge in [-0.3, -0.25) is 29.1 Å². The normalized spacial score (nSPS) is 14.6. The van der Waals surface area contributed by atoms with Crippen LogP contribution in [0.25, 0.3) is 22.3 Å². The zero-order valence-corrected chi connectivity index (χ0v) is 25.5. The maximum atomic E-state index is 14.7. The second-order valence-corrected chi connectivity index (χ2v) is 11.2. The van der Waals surface area contributed by atoms with Gasteiger partial charge in [0.2, 0.25) is 11.9 Å². The fourth-order valence-corrected chi connectivity index (χ4v) is 5.92. The number of hydrogen-bond acceptors (Lipinski definition) is 7. The van der Waals surface area contributed by atoms with Crippen LogP contribution < -0.4 is 16.9 Å². The lowest BCUT2D eigenvalue weighted by Gasteiger charge is -2.06. The van der Waals surface area contributed by atoms with E-state index in [4.69, 9.17) is 61.6 Å². The average molecular weight is 694 g/mol. The first-order chi connectivity index (χ1) is 20.9. The summed E-state index contributed by atoms with van der Waals surface area (Å²) in [6, 6.07) is 4.97. The Kier molecular flexibility index (Phi) is 9.39. The van der Waals surface area contributed by atoms with Crippen molar-refractivity contribution in [3.63, 3.8) is 0 Å². The smallest absolute Gasteiger partial charge is 0.288 e. The first-order valence-electron chi connectivity index (χ1n) is 12.9. The molecule has 2 aliphatic heterocycles. The highest BCUT2D eigenvalue weighted by Gasteiger charge is 2.28. The highest BCUT2D eigenvalue weighted by Crippen LogP contribution is 2.37. The molecule has 0 radical (unpaired) electrons. The van der Waals surface area contributed by atoms with E-state index in [2.05, 4.69) is 0 Å². The number of nitrogens with zero attached hydrogens (tertiary/aromatic N) is 5. The number of nitrogens with two attached hydrogens (primary N) is 1. The zero-order valence-electron chi connectivity index (χ0n) is 22.5. The molecule has 2 aliphatic rings. The molecule has 12 nitrogen and oxygen atoms in total. The van der Waals surface area contributed by atoms with Crippen LogP contribution >= 0.6 is 46.4 Å². The number of fused-ring (bicyclic) bond motifs is 2. The van der Waals surface area contributed by atoms with E-state index >= 15 is 0 Å². The minimum absolute atomic E-state index is 0.0331. The Morgan fingerprint density at radius 3 is 1.55 bits per heavy atom. The van der Waals surface area contributed by atoms with Crippen molar-refractivity contribution in [2.75, 3.05) is 32.2 Å². The molecule has 2 aromatic carbocycles. The number of hydrogen-bond donors (Lipinski definition) is 1. The van der Waals surface area contributed by atoms with Gasteiger partial charge in [-0.15, -0.1) is 0 Å². The quantitative estimate of drug-likeness (QED) is 0.179. The fraction of sp³-hybridized carbons (Fsp3) is 0.308. The summed E-state index contributed by atoms with van der Waals surface area (Å²) in [5.74, 6) is -1.45. The summed E-state index contributed by atoms with van der Waals surface area (Å²) in [4.78, 5) is 35.2. The van der Waals surface area contributed by atoms with E-state index in [1.807, 2.05) is 0 Å². The number of anilines is 1. The third kappa shape index (κ3) is 5.85. The molecule has 44 heavy (non-hydrogen) atoms. The number of benzene rings is 2. The predicted molar refractivity (Wildman–Crippen MR) is 161 cm³/mol. The third-order valence-corrected chi connectivity index (χ3v) is 8.25. The first-order valence-corrected chi connectivity index (χ1v) is 14.5. The SMILES string of the molecule is Nc1cc(-c2c(F)n3n(c2=O)CCOCC3)c(Cl)cc1Cl.O=c1c(-c2cc([N+](=O)[O-])c(Cl)cc2Cl)c(F)n2n1CCOCC2. The molecule has 18 heteroatoms. The van der Waals surface area contributed by atoms with Crippen LogP contribution in [0.4, 0.5) is 20.2 Å². The highest BCUT2D eigenvalue weighted by molar-refractivity contribution is 6.38. The molecule has 0 saturated heterocycles. The summed E-state index contributed by atoms with van der Waals surface area (Å²) in [5.41, 5.74) is 4.23. The van der Waals surface area contributed by atoms with Crippen molar-refractivity contribution < 1.29 is 23.2 Å². The maximum Gasteiger partial charge on any atom is 0.288 e. The molecule has 0 bridgehead atoms. The zero-order chi connectivity index (χ0) is 31.9. The monoisotopic (exact) mass is 692 g/mol. The minimum Gasteiger partial charge on any atom is -0.398 e. The van der Waals surface area contributed by atoms with Crippen LogP contribution in [0.3, 0.4) is 0 Å². The summed E-state index contributed by atoms with van der Waals surface area (Å²) in [7, 11) is 0. The lowest BCUT2D eigenvalue weighted by Crippen LogP contribution is -2.23. The van der Waals surface area contributed by atoms with Crippen molar-refractivity contribution >= 4 is 57.8 Å². The van der Waals surface area contributed by atoms with E-state index in [0.717, 1.165) is 16.8 Å². The van der Waals surface area contributed by atoms with Crippen LogP contribution in [0.2, 0.25) is 20.1 Å². The Balaban J connectivity index is 0.000000175. The van der Waals surface area contributed by atoms with Gasteiger partial charge in [-0.2, -0.15) is 8.78 Å². The van der Waals surface area contributed by atoms with Gasteiger partial charge in [0, 0.05) is 17.2 Å². The summed E-state index contributed by atoms with van der Waals surface area (Å²) in [6.07, 6.45) is 0. The largest absolute Gasteiger partial charge is 0.398 e. The third-order valence-electron chi connectivity index (χ3n) is 6.99. The molecule has 6 rings (SSSR count). The molecular weight excluding hydrogens is 672 g/mol. The molecule has 0 fully saturated rings. The van der Waals surface area contributed by atoms with Gasteiger partial charge in [-0.05, 0) is 18.2 Å². The van der Waals surface area contributed by atoms with Gasteiger partial charge in [-0.25, -0.2) is 9.36 Å². The first kappa shape index (κ1) is 32.0. The fourth-order valence-electron chi connectivity index (χ4n) is 4.89. The van der Waals surface area contributed by atoms with Crippen molar-refractivity contribution in [2.24, 2.45) is 0 Å². The molecule has 0 saturated carbocycles. The number of aromatic nitrogens is 4. The summed E-state index contributed by atoms with van der Waals surface area (Å²) in [5, 5.41) is 11.2. The van der Waals surface area contributed by atoms with Crippen LogP contribution in [0.15, 0.2) is 33.9 Å². The predicted octanol–water partition coefficient (Wildman–Crippen LogP) is 5.08. The van der Waals surface area contributed by atoms with Gasteiger partial charge in [0.25, 0.3) is 16.8 Å². The summed E-state index contributed by atoms with van der Waals surface area (Å²) in [6.45, 7) is 2.15. The van der Waals surface area contributed by atoms with Gasteiger partial charge in [0.1, 0.15) is 16.1 Å². The number of nitrogen functional groups attached to an aromatic ring is 1. The van der Waals surface area contributed by atoms with Crippen LogP contribution in [0.5, 0.6) is 0 Å². The number of nitro groups is 1. The molecular formula is C26H22Cl4F2N6O6. The molecule has 0 atom stereocenters. The van der Waals surface area contributed by atoms with E-state index in [1.165, 1.54) is 26.2 Å². The lowest BCUT2D eigenvalue weighted by atomic mass is 10.1. The Hall–Kier alpha value is -3.40. The van der Waals surface area contributed by atoms with Gasteiger partial charge < -0.3 is 15.2 Å². The van der Waals surface area contributed by atoms with Crippen LogP contribution in [0.1, 0.15) is 0 Å². The Bertz CT molecular complexity index is 1900. The molecule has 0 spiro atoms. The molecule has 4 heterocycles. The van der Waals surface area contributed by atoms with Crippen molar-refractivity contribution in [1.29, 1.82) is 0 Å². The molecule has 0 aliphatic carbocycles. The van der Waals surface area contributed by atoms with E-state index < -0.39 is 33.6 Å². The second kappa shape index (κ2) is 12.9. The minimum atomic E-state index is -0.806. The number of ether oxygens (including phenoxy) is 2. The van der Waals surface area contributed by atoms with Gasteiger partial charge in [0.05, 0.1) is 78.3 Å². The Morgan fingerprint density at radius 1 is 0.682 bits per heavy atom. The van der Waals surface area contributed by atoms with Gasteiger partial charge in [-0.1, -0.05) is 46.4 Å². The molecule has 2 N–H and O–H groups in total. The van der Waals surface area contributed by atoms with Crippen molar-refractivity contribution in [3.8, 4) is 22.3 Å². The van der Waals surface area contributed by atoms with Crippen molar-refractivity contribution in [3.05, 3.63) is 87.1 Å². The van der Waals surface area contributed by atoms with E-state index in [9.17, 15) is 28.5 Å². The maximum absolute atomic E-state index is 14.7. The molecule has 234 valence electrons.